The Kier molecular flexibility index (Phi) is 3.71. The number of esters is 1. The van der Waals surface area contributed by atoms with E-state index in [0.29, 0.717) is 6.54 Å². The maximum absolute atomic E-state index is 11.3. The van der Waals surface area contributed by atoms with Gasteiger partial charge in [0.2, 0.25) is 0 Å². The molecule has 1 saturated heterocycles. The van der Waals surface area contributed by atoms with Crippen molar-refractivity contribution in [3.8, 4) is 0 Å². The van der Waals surface area contributed by atoms with Gasteiger partial charge in [0.15, 0.2) is 0 Å². The lowest BCUT2D eigenvalue weighted by Gasteiger charge is -2.41. The number of hydrogen-bond donors (Lipinski definition) is 0. The number of carbonyl (C=O) groups excluding carboxylic acids is 1. The fourth-order valence-electron chi connectivity index (χ4n) is 2.52. The molecule has 5 heteroatoms. The first-order chi connectivity index (χ1) is 8.52. The summed E-state index contributed by atoms with van der Waals surface area (Å²) in [4.78, 5) is 20.4. The molecule has 100 valence electrons. The van der Waals surface area contributed by atoms with E-state index in [1.807, 2.05) is 0 Å². The highest BCUT2D eigenvalue weighted by Crippen LogP contribution is 2.25. The summed E-state index contributed by atoms with van der Waals surface area (Å²) in [7, 11) is 1.43. The molecule has 1 fully saturated rings. The summed E-state index contributed by atoms with van der Waals surface area (Å²) in [5.74, 6) is 0.914. The molecule has 5 nitrogen and oxygen atoms in total. The van der Waals surface area contributed by atoms with Gasteiger partial charge in [-0.2, -0.15) is 0 Å². The Morgan fingerprint density at radius 3 is 2.83 bits per heavy atom. The Bertz CT molecular complexity index is 414. The Morgan fingerprint density at radius 2 is 2.17 bits per heavy atom. The van der Waals surface area contributed by atoms with E-state index in [2.05, 4.69) is 35.6 Å². The summed E-state index contributed by atoms with van der Waals surface area (Å²) in [6.45, 7) is 9.23. The van der Waals surface area contributed by atoms with Gasteiger partial charge < -0.3 is 9.64 Å². The van der Waals surface area contributed by atoms with E-state index in [4.69, 9.17) is 4.74 Å². The van der Waals surface area contributed by atoms with Crippen molar-refractivity contribution in [3.05, 3.63) is 11.3 Å². The molecule has 2 aliphatic heterocycles. The number of carbonyl (C=O) groups is 1. The number of nitrogens with zero attached hydrogens (tertiary/aromatic N) is 3. The van der Waals surface area contributed by atoms with Gasteiger partial charge in [0.1, 0.15) is 5.84 Å². The molecule has 0 spiro atoms. The maximum Gasteiger partial charge on any atom is 0.319 e. The third-order valence-corrected chi connectivity index (χ3v) is 3.77. The van der Waals surface area contributed by atoms with Gasteiger partial charge in [-0.05, 0) is 26.3 Å². The van der Waals surface area contributed by atoms with Crippen LogP contribution in [-0.2, 0) is 9.53 Å². The van der Waals surface area contributed by atoms with Crippen molar-refractivity contribution in [1.82, 2.24) is 9.80 Å². The highest BCUT2D eigenvalue weighted by Gasteiger charge is 2.29. The molecule has 0 N–H and O–H groups in total. The predicted octanol–water partition coefficient (Wildman–Crippen LogP) is 0.871. The monoisotopic (exact) mass is 251 g/mol. The summed E-state index contributed by atoms with van der Waals surface area (Å²) in [5, 5.41) is 0. The number of methoxy groups -OCH3 is 1. The van der Waals surface area contributed by atoms with Gasteiger partial charge in [0, 0.05) is 25.3 Å². The minimum absolute atomic E-state index is 0.170. The van der Waals surface area contributed by atoms with Gasteiger partial charge in [0.05, 0.1) is 19.7 Å². The first-order valence-corrected chi connectivity index (χ1v) is 6.33. The average Bonchev–Trinajstić information content (AvgIpc) is 2.36. The van der Waals surface area contributed by atoms with Gasteiger partial charge in [-0.15, -0.1) is 0 Å². The standard InChI is InChI=1S/C13H21N3O2/c1-9-10(2)14-11(3)16-6-5-15(7-12(9)16)8-13(17)18-4/h10H,5-8H2,1-4H3. The van der Waals surface area contributed by atoms with Crippen molar-refractivity contribution in [2.45, 2.75) is 26.8 Å². The molecule has 18 heavy (non-hydrogen) atoms. The molecule has 2 rings (SSSR count). The lowest BCUT2D eigenvalue weighted by atomic mass is 10.0. The Hall–Kier alpha value is -1.36. The topological polar surface area (TPSA) is 45.1 Å². The van der Waals surface area contributed by atoms with Crippen LogP contribution in [0.5, 0.6) is 0 Å². The van der Waals surface area contributed by atoms with E-state index in [-0.39, 0.29) is 12.0 Å². The second-order valence-corrected chi connectivity index (χ2v) is 4.92. The molecule has 0 aromatic carbocycles. The smallest absolute Gasteiger partial charge is 0.319 e. The largest absolute Gasteiger partial charge is 0.468 e. The van der Waals surface area contributed by atoms with Crippen molar-refractivity contribution in [2.24, 2.45) is 4.99 Å². The molecule has 0 aromatic heterocycles. The van der Waals surface area contributed by atoms with E-state index in [1.165, 1.54) is 18.4 Å². The molecule has 2 heterocycles. The van der Waals surface area contributed by atoms with Crippen LogP contribution in [-0.4, -0.2) is 60.9 Å². The van der Waals surface area contributed by atoms with Crippen LogP contribution in [0.1, 0.15) is 20.8 Å². The second-order valence-electron chi connectivity index (χ2n) is 4.92. The normalized spacial score (nSPS) is 24.8. The zero-order valence-corrected chi connectivity index (χ0v) is 11.6. The molecule has 1 unspecified atom stereocenters. The number of rotatable bonds is 2. The van der Waals surface area contributed by atoms with Crippen LogP contribution in [0.3, 0.4) is 0 Å². The van der Waals surface area contributed by atoms with E-state index < -0.39 is 0 Å². The minimum Gasteiger partial charge on any atom is -0.468 e. The SMILES string of the molecule is COC(=O)CN1CCN2C(C)=NC(C)C(C)=C2C1. The molecule has 2 aliphatic rings. The zero-order chi connectivity index (χ0) is 13.3. The van der Waals surface area contributed by atoms with Crippen LogP contribution in [0.25, 0.3) is 0 Å². The number of amidine groups is 1. The summed E-state index contributed by atoms with van der Waals surface area (Å²) in [6, 6.07) is 0.245. The molecule has 0 aromatic rings. The van der Waals surface area contributed by atoms with E-state index in [1.54, 1.807) is 0 Å². The van der Waals surface area contributed by atoms with Gasteiger partial charge in [-0.1, -0.05) is 0 Å². The average molecular weight is 251 g/mol. The van der Waals surface area contributed by atoms with Crippen LogP contribution in [0.15, 0.2) is 16.3 Å². The lowest BCUT2D eigenvalue weighted by Crippen LogP contribution is -2.50. The molecule has 0 saturated carbocycles. The molecule has 0 bridgehead atoms. The van der Waals surface area contributed by atoms with E-state index in [9.17, 15) is 4.79 Å². The maximum atomic E-state index is 11.3. The quantitative estimate of drug-likeness (QED) is 0.683. The second kappa shape index (κ2) is 5.10. The van der Waals surface area contributed by atoms with Crippen molar-refractivity contribution < 1.29 is 9.53 Å². The van der Waals surface area contributed by atoms with Crippen LogP contribution in [0.4, 0.5) is 0 Å². The highest BCUT2D eigenvalue weighted by atomic mass is 16.5. The summed E-state index contributed by atoms with van der Waals surface area (Å²) in [5.41, 5.74) is 2.60. The fraction of sp³-hybridized carbons (Fsp3) is 0.692. The molecule has 0 amide bonds. The number of piperazine rings is 1. The number of fused-ring (bicyclic) bond motifs is 1. The van der Waals surface area contributed by atoms with Crippen LogP contribution in [0.2, 0.25) is 0 Å². The summed E-state index contributed by atoms with van der Waals surface area (Å²) >= 11 is 0. The fourth-order valence-corrected chi connectivity index (χ4v) is 2.52. The van der Waals surface area contributed by atoms with E-state index in [0.717, 1.165) is 25.5 Å². The molecule has 1 atom stereocenters. The number of ether oxygens (including phenoxy) is 1. The predicted molar refractivity (Wildman–Crippen MR) is 70.4 cm³/mol. The molecule has 0 aliphatic carbocycles. The molecular weight excluding hydrogens is 230 g/mol. The summed E-state index contributed by atoms with van der Waals surface area (Å²) in [6.07, 6.45) is 0. The Balaban J connectivity index is 2.12. The van der Waals surface area contributed by atoms with Gasteiger partial charge in [0.25, 0.3) is 0 Å². The third kappa shape index (κ3) is 2.41. The minimum atomic E-state index is -0.170. The van der Waals surface area contributed by atoms with Gasteiger partial charge >= 0.3 is 5.97 Å². The highest BCUT2D eigenvalue weighted by molar-refractivity contribution is 5.83. The Morgan fingerprint density at radius 1 is 1.44 bits per heavy atom. The van der Waals surface area contributed by atoms with Crippen molar-refractivity contribution in [1.29, 1.82) is 0 Å². The van der Waals surface area contributed by atoms with Gasteiger partial charge in [-0.3, -0.25) is 14.7 Å². The van der Waals surface area contributed by atoms with Crippen LogP contribution >= 0.6 is 0 Å². The van der Waals surface area contributed by atoms with E-state index >= 15 is 0 Å². The summed E-state index contributed by atoms with van der Waals surface area (Å²) < 4.78 is 4.72. The number of aliphatic imine (C=N–C) groups is 1. The van der Waals surface area contributed by atoms with Crippen LogP contribution < -0.4 is 0 Å². The van der Waals surface area contributed by atoms with Gasteiger partial charge in [-0.25, -0.2) is 0 Å². The van der Waals surface area contributed by atoms with Crippen LogP contribution in [0, 0.1) is 0 Å². The Labute approximate surface area is 108 Å². The zero-order valence-electron chi connectivity index (χ0n) is 11.6. The molecular formula is C13H21N3O2. The van der Waals surface area contributed by atoms with Crippen molar-refractivity contribution >= 4 is 11.8 Å². The number of hydrogen-bond acceptors (Lipinski definition) is 5. The first kappa shape index (κ1) is 13.1. The van der Waals surface area contributed by atoms with Crippen molar-refractivity contribution in [3.63, 3.8) is 0 Å². The third-order valence-electron chi connectivity index (χ3n) is 3.77. The first-order valence-electron chi connectivity index (χ1n) is 6.33. The lowest BCUT2D eigenvalue weighted by molar-refractivity contribution is -0.142. The molecule has 0 radical (unpaired) electrons. The van der Waals surface area contributed by atoms with Crippen molar-refractivity contribution in [2.75, 3.05) is 33.3 Å².